The standard InChI is InChI=1S/C29H48N2OS/c1-2-3-4-5-6-7-8-9-10-11-12-13-14-15-16-20-23-30-29(32)27-25-33-28(31-27)24-26-21-18-17-19-22-26/h10-11,17-19,21-22,27-28,31H,2-9,12-16,20,23-25H2,1H3,(H,30,32)/b11-10+/t27-,28?/m0/s1. The Kier molecular flexibility index (Phi) is 16.2. The number of rotatable bonds is 19. The van der Waals surface area contributed by atoms with Crippen molar-refractivity contribution in [3.8, 4) is 0 Å². The molecule has 1 aromatic carbocycles. The lowest BCUT2D eigenvalue weighted by molar-refractivity contribution is -0.122. The summed E-state index contributed by atoms with van der Waals surface area (Å²) >= 11 is 1.86. The van der Waals surface area contributed by atoms with E-state index in [9.17, 15) is 4.79 Å². The van der Waals surface area contributed by atoms with Gasteiger partial charge in [0.25, 0.3) is 0 Å². The molecule has 1 unspecified atom stereocenters. The molecule has 1 fully saturated rings. The molecule has 2 atom stereocenters. The van der Waals surface area contributed by atoms with Crippen molar-refractivity contribution in [2.45, 2.75) is 115 Å². The Hall–Kier alpha value is -1.26. The van der Waals surface area contributed by atoms with Crippen molar-refractivity contribution in [2.24, 2.45) is 0 Å². The summed E-state index contributed by atoms with van der Waals surface area (Å²) < 4.78 is 0. The van der Waals surface area contributed by atoms with Gasteiger partial charge in [-0.2, -0.15) is 0 Å². The van der Waals surface area contributed by atoms with Crippen LogP contribution in [0.25, 0.3) is 0 Å². The lowest BCUT2D eigenvalue weighted by Gasteiger charge is -2.13. The highest BCUT2D eigenvalue weighted by Crippen LogP contribution is 2.22. The average Bonchev–Trinajstić information content (AvgIpc) is 3.30. The normalized spacial score (nSPS) is 18.2. The summed E-state index contributed by atoms with van der Waals surface area (Å²) in [6.07, 6.45) is 24.2. The van der Waals surface area contributed by atoms with E-state index < -0.39 is 0 Å². The topological polar surface area (TPSA) is 41.1 Å². The van der Waals surface area contributed by atoms with Gasteiger partial charge >= 0.3 is 0 Å². The van der Waals surface area contributed by atoms with Crippen LogP contribution >= 0.6 is 11.8 Å². The van der Waals surface area contributed by atoms with Gasteiger partial charge < -0.3 is 5.32 Å². The van der Waals surface area contributed by atoms with Crippen molar-refractivity contribution < 1.29 is 4.79 Å². The fourth-order valence-electron chi connectivity index (χ4n) is 4.34. The zero-order chi connectivity index (χ0) is 23.4. The molecule has 1 aliphatic rings. The van der Waals surface area contributed by atoms with E-state index in [2.05, 4.69) is 54.0 Å². The molecular formula is C29H48N2OS. The number of nitrogens with one attached hydrogen (secondary N) is 2. The molecule has 186 valence electrons. The van der Waals surface area contributed by atoms with E-state index in [0.29, 0.717) is 5.37 Å². The Labute approximate surface area is 208 Å². The minimum atomic E-state index is -0.0449. The molecule has 1 amide bonds. The van der Waals surface area contributed by atoms with E-state index in [1.54, 1.807) is 0 Å². The van der Waals surface area contributed by atoms with Crippen LogP contribution in [0.15, 0.2) is 42.5 Å². The summed E-state index contributed by atoms with van der Waals surface area (Å²) in [5.74, 6) is 1.04. The molecule has 3 nitrogen and oxygen atoms in total. The number of amides is 1. The average molecular weight is 473 g/mol. The van der Waals surface area contributed by atoms with Gasteiger partial charge in [0.15, 0.2) is 0 Å². The number of hydrogen-bond donors (Lipinski definition) is 2. The first kappa shape index (κ1) is 28.0. The second-order valence-electron chi connectivity index (χ2n) is 9.46. The predicted octanol–water partition coefficient (Wildman–Crippen LogP) is 7.41. The summed E-state index contributed by atoms with van der Waals surface area (Å²) in [5.41, 5.74) is 1.33. The molecule has 1 aliphatic heterocycles. The van der Waals surface area contributed by atoms with Crippen LogP contribution in [0.2, 0.25) is 0 Å². The van der Waals surface area contributed by atoms with Crippen LogP contribution in [0.1, 0.15) is 102 Å². The minimum Gasteiger partial charge on any atom is -0.355 e. The first-order valence-corrected chi connectivity index (χ1v) is 14.7. The summed E-state index contributed by atoms with van der Waals surface area (Å²) in [5, 5.41) is 6.96. The summed E-state index contributed by atoms with van der Waals surface area (Å²) in [7, 11) is 0. The zero-order valence-corrected chi connectivity index (χ0v) is 21.8. The van der Waals surface area contributed by atoms with E-state index in [0.717, 1.165) is 25.1 Å². The molecule has 2 rings (SSSR count). The van der Waals surface area contributed by atoms with Crippen molar-refractivity contribution in [1.82, 2.24) is 10.6 Å². The zero-order valence-electron chi connectivity index (χ0n) is 21.0. The van der Waals surface area contributed by atoms with Crippen LogP contribution < -0.4 is 10.6 Å². The molecule has 1 aromatic rings. The molecule has 0 aromatic heterocycles. The van der Waals surface area contributed by atoms with Gasteiger partial charge in [0, 0.05) is 12.3 Å². The van der Waals surface area contributed by atoms with Crippen LogP contribution in [0.5, 0.6) is 0 Å². The van der Waals surface area contributed by atoms with Crippen LogP contribution in [0, 0.1) is 0 Å². The number of carbonyl (C=O) groups is 1. The van der Waals surface area contributed by atoms with Crippen LogP contribution in [-0.4, -0.2) is 29.6 Å². The second kappa shape index (κ2) is 19.1. The van der Waals surface area contributed by atoms with Crippen molar-refractivity contribution in [2.75, 3.05) is 12.3 Å². The predicted molar refractivity (Wildman–Crippen MR) is 146 cm³/mol. The molecule has 1 heterocycles. The highest BCUT2D eigenvalue weighted by atomic mass is 32.2. The summed E-state index contributed by atoms with van der Waals surface area (Å²) in [4.78, 5) is 12.4. The fourth-order valence-corrected chi connectivity index (χ4v) is 5.58. The number of benzene rings is 1. The molecule has 2 N–H and O–H groups in total. The largest absolute Gasteiger partial charge is 0.355 e. The third kappa shape index (κ3) is 13.9. The van der Waals surface area contributed by atoms with E-state index in [1.165, 1.54) is 89.0 Å². The summed E-state index contributed by atoms with van der Waals surface area (Å²) in [6, 6.07) is 10.5. The molecular weight excluding hydrogens is 424 g/mol. The van der Waals surface area contributed by atoms with Gasteiger partial charge in [-0.05, 0) is 44.1 Å². The Balaban J connectivity index is 1.35. The molecule has 0 bridgehead atoms. The Morgan fingerprint density at radius 2 is 1.52 bits per heavy atom. The molecule has 1 saturated heterocycles. The Morgan fingerprint density at radius 3 is 2.18 bits per heavy atom. The van der Waals surface area contributed by atoms with Crippen molar-refractivity contribution in [3.63, 3.8) is 0 Å². The quantitative estimate of drug-likeness (QED) is 0.163. The van der Waals surface area contributed by atoms with Gasteiger partial charge in [0.05, 0.1) is 11.4 Å². The summed E-state index contributed by atoms with van der Waals surface area (Å²) in [6.45, 7) is 3.09. The number of thioether (sulfide) groups is 1. The van der Waals surface area contributed by atoms with Crippen molar-refractivity contribution in [3.05, 3.63) is 48.0 Å². The monoisotopic (exact) mass is 472 g/mol. The third-order valence-corrected chi connectivity index (χ3v) is 7.65. The van der Waals surface area contributed by atoms with Gasteiger partial charge in [0.1, 0.15) is 0 Å². The minimum absolute atomic E-state index is 0.0449. The second-order valence-corrected chi connectivity index (χ2v) is 10.7. The number of unbranched alkanes of at least 4 members (excludes halogenated alkanes) is 12. The van der Waals surface area contributed by atoms with Crippen LogP contribution in [0.4, 0.5) is 0 Å². The van der Waals surface area contributed by atoms with E-state index in [1.807, 2.05) is 17.8 Å². The number of carbonyl (C=O) groups excluding carboxylic acids is 1. The highest BCUT2D eigenvalue weighted by molar-refractivity contribution is 8.00. The van der Waals surface area contributed by atoms with Gasteiger partial charge in [-0.3, -0.25) is 10.1 Å². The molecule has 0 aliphatic carbocycles. The third-order valence-electron chi connectivity index (χ3n) is 6.42. The molecule has 0 saturated carbocycles. The first-order chi connectivity index (χ1) is 16.3. The van der Waals surface area contributed by atoms with Crippen molar-refractivity contribution >= 4 is 17.7 Å². The SMILES string of the molecule is CCCCCCCCC/C=C/CCCCCCCNC(=O)[C@@H]1CSC(Cc2ccccc2)N1. The Morgan fingerprint density at radius 1 is 0.909 bits per heavy atom. The maximum absolute atomic E-state index is 12.4. The van der Waals surface area contributed by atoms with Gasteiger partial charge in [0.2, 0.25) is 5.91 Å². The highest BCUT2D eigenvalue weighted by Gasteiger charge is 2.29. The lowest BCUT2D eigenvalue weighted by Crippen LogP contribution is -2.44. The van der Waals surface area contributed by atoms with Gasteiger partial charge in [-0.25, -0.2) is 0 Å². The van der Waals surface area contributed by atoms with Gasteiger partial charge in [-0.15, -0.1) is 11.8 Å². The van der Waals surface area contributed by atoms with Crippen LogP contribution in [-0.2, 0) is 11.2 Å². The number of allylic oxidation sites excluding steroid dienone is 2. The smallest absolute Gasteiger partial charge is 0.238 e. The van der Waals surface area contributed by atoms with E-state index in [4.69, 9.17) is 0 Å². The first-order valence-electron chi connectivity index (χ1n) is 13.6. The lowest BCUT2D eigenvalue weighted by atomic mass is 10.1. The molecule has 4 heteroatoms. The Bertz CT molecular complexity index is 634. The van der Waals surface area contributed by atoms with E-state index in [-0.39, 0.29) is 11.9 Å². The maximum Gasteiger partial charge on any atom is 0.238 e. The maximum atomic E-state index is 12.4. The molecule has 0 radical (unpaired) electrons. The molecule has 0 spiro atoms. The fraction of sp³-hybridized carbons (Fsp3) is 0.690. The van der Waals surface area contributed by atoms with Gasteiger partial charge in [-0.1, -0.05) is 107 Å². The van der Waals surface area contributed by atoms with E-state index >= 15 is 0 Å². The van der Waals surface area contributed by atoms with Crippen molar-refractivity contribution in [1.29, 1.82) is 0 Å². The molecule has 33 heavy (non-hydrogen) atoms. The number of hydrogen-bond acceptors (Lipinski definition) is 3. The van der Waals surface area contributed by atoms with Crippen LogP contribution in [0.3, 0.4) is 0 Å².